The summed E-state index contributed by atoms with van der Waals surface area (Å²) in [5.41, 5.74) is 4.94. The summed E-state index contributed by atoms with van der Waals surface area (Å²) in [5.74, 6) is -0.732. The second-order valence-electron chi connectivity index (χ2n) is 3.30. The Morgan fingerprint density at radius 2 is 2.12 bits per heavy atom. The predicted molar refractivity (Wildman–Crippen MR) is 68.2 cm³/mol. The van der Waals surface area contributed by atoms with Gasteiger partial charge in [0.2, 0.25) is 15.9 Å². The van der Waals surface area contributed by atoms with Crippen molar-refractivity contribution in [2.24, 2.45) is 5.73 Å². The first-order valence-electron chi connectivity index (χ1n) is 4.45. The zero-order valence-electron chi connectivity index (χ0n) is 8.85. The molecule has 0 bridgehead atoms. The van der Waals surface area contributed by atoms with Gasteiger partial charge in [0.15, 0.2) is 0 Å². The van der Waals surface area contributed by atoms with Crippen LogP contribution < -0.4 is 5.73 Å². The number of rotatable bonds is 4. The maximum Gasteiger partial charge on any atom is 0.244 e. The molecule has 0 radical (unpaired) electrons. The molecule has 0 atom stereocenters. The van der Waals surface area contributed by atoms with Gasteiger partial charge in [-0.15, -0.1) is 0 Å². The maximum atomic E-state index is 12.0. The zero-order valence-corrected chi connectivity index (χ0v) is 12.0. The van der Waals surface area contributed by atoms with E-state index in [0.717, 1.165) is 4.31 Å². The van der Waals surface area contributed by atoms with Crippen LogP contribution >= 0.6 is 27.5 Å². The van der Waals surface area contributed by atoms with E-state index in [2.05, 4.69) is 15.9 Å². The fourth-order valence-electron chi connectivity index (χ4n) is 1.16. The van der Waals surface area contributed by atoms with Gasteiger partial charge in [-0.1, -0.05) is 27.5 Å². The van der Waals surface area contributed by atoms with Crippen LogP contribution in [0.4, 0.5) is 0 Å². The van der Waals surface area contributed by atoms with Gasteiger partial charge in [0.25, 0.3) is 0 Å². The molecule has 1 aromatic carbocycles. The Hall–Kier alpha value is -0.630. The summed E-state index contributed by atoms with van der Waals surface area (Å²) in [6.07, 6.45) is 0. The Kier molecular flexibility index (Phi) is 4.54. The lowest BCUT2D eigenvalue weighted by atomic mass is 10.4. The maximum absolute atomic E-state index is 12.0. The quantitative estimate of drug-likeness (QED) is 0.894. The smallest absolute Gasteiger partial charge is 0.244 e. The van der Waals surface area contributed by atoms with Gasteiger partial charge in [0.1, 0.15) is 4.90 Å². The Morgan fingerprint density at radius 3 is 2.59 bits per heavy atom. The van der Waals surface area contributed by atoms with Gasteiger partial charge in [-0.3, -0.25) is 4.79 Å². The lowest BCUT2D eigenvalue weighted by Gasteiger charge is -2.16. The number of nitrogens with zero attached hydrogens (tertiary/aromatic N) is 1. The molecule has 0 heterocycles. The number of amides is 1. The van der Waals surface area contributed by atoms with Crippen LogP contribution in [0.5, 0.6) is 0 Å². The van der Waals surface area contributed by atoms with E-state index in [1.54, 1.807) is 6.07 Å². The van der Waals surface area contributed by atoms with E-state index in [1.165, 1.54) is 19.2 Å². The molecular weight excluding hydrogens is 332 g/mol. The third-order valence-corrected chi connectivity index (χ3v) is 4.74. The molecular formula is C9H10BrClN2O3S. The molecule has 8 heteroatoms. The van der Waals surface area contributed by atoms with Crippen molar-refractivity contribution in [2.75, 3.05) is 13.6 Å². The van der Waals surface area contributed by atoms with E-state index >= 15 is 0 Å². The van der Waals surface area contributed by atoms with Crippen LogP contribution in [-0.2, 0) is 14.8 Å². The van der Waals surface area contributed by atoms with Gasteiger partial charge in [-0.05, 0) is 18.2 Å². The molecule has 0 unspecified atom stereocenters. The van der Waals surface area contributed by atoms with E-state index < -0.39 is 22.5 Å². The van der Waals surface area contributed by atoms with Crippen LogP contribution in [0.15, 0.2) is 27.6 Å². The van der Waals surface area contributed by atoms with Crippen molar-refractivity contribution in [3.05, 3.63) is 27.7 Å². The number of nitrogens with two attached hydrogens (primary N) is 1. The monoisotopic (exact) mass is 340 g/mol. The number of hydrogen-bond donors (Lipinski definition) is 1. The second-order valence-corrected chi connectivity index (χ2v) is 6.64. The lowest BCUT2D eigenvalue weighted by molar-refractivity contribution is -0.118. The fraction of sp³-hybridized carbons (Fsp3) is 0.222. The summed E-state index contributed by atoms with van der Waals surface area (Å²) in [6, 6.07) is 4.38. The Morgan fingerprint density at radius 1 is 1.53 bits per heavy atom. The van der Waals surface area contributed by atoms with Gasteiger partial charge in [0, 0.05) is 11.5 Å². The highest BCUT2D eigenvalue weighted by Crippen LogP contribution is 2.26. The summed E-state index contributed by atoms with van der Waals surface area (Å²) in [5, 5.41) is 0.0793. The van der Waals surface area contributed by atoms with Gasteiger partial charge in [0.05, 0.1) is 11.6 Å². The molecule has 0 spiro atoms. The van der Waals surface area contributed by atoms with Crippen molar-refractivity contribution in [1.82, 2.24) is 4.31 Å². The number of halogens is 2. The van der Waals surface area contributed by atoms with Gasteiger partial charge in [-0.2, -0.15) is 4.31 Å². The number of benzene rings is 1. The summed E-state index contributed by atoms with van der Waals surface area (Å²) in [7, 11) is -2.54. The molecule has 17 heavy (non-hydrogen) atoms. The molecule has 1 aromatic rings. The predicted octanol–water partition coefficient (Wildman–Crippen LogP) is 1.21. The first kappa shape index (κ1) is 14.4. The normalized spacial score (nSPS) is 11.8. The van der Waals surface area contributed by atoms with Crippen LogP contribution in [0, 0.1) is 0 Å². The first-order chi connectivity index (χ1) is 7.75. The molecule has 0 saturated heterocycles. The van der Waals surface area contributed by atoms with E-state index in [-0.39, 0.29) is 9.92 Å². The Balaban J connectivity index is 3.17. The lowest BCUT2D eigenvalue weighted by Crippen LogP contribution is -2.35. The van der Waals surface area contributed by atoms with Gasteiger partial charge >= 0.3 is 0 Å². The van der Waals surface area contributed by atoms with Crippen LogP contribution in [0.25, 0.3) is 0 Å². The minimum Gasteiger partial charge on any atom is -0.369 e. The highest BCUT2D eigenvalue weighted by molar-refractivity contribution is 9.10. The molecule has 0 aliphatic rings. The van der Waals surface area contributed by atoms with E-state index in [0.29, 0.717) is 4.47 Å². The average Bonchev–Trinajstić information content (AvgIpc) is 2.15. The molecule has 0 saturated carbocycles. The van der Waals surface area contributed by atoms with Crippen molar-refractivity contribution < 1.29 is 13.2 Å². The molecule has 94 valence electrons. The van der Waals surface area contributed by atoms with Crippen LogP contribution in [0.3, 0.4) is 0 Å². The van der Waals surface area contributed by atoms with Crippen LogP contribution in [0.1, 0.15) is 0 Å². The largest absolute Gasteiger partial charge is 0.369 e. The minimum absolute atomic E-state index is 0.0638. The van der Waals surface area contributed by atoms with E-state index in [4.69, 9.17) is 17.3 Å². The summed E-state index contributed by atoms with van der Waals surface area (Å²) in [6.45, 7) is -0.394. The first-order valence-corrected chi connectivity index (χ1v) is 7.06. The standard InChI is InChI=1S/C9H10BrClN2O3S/c1-13(5-9(12)14)17(15,16)8-3-2-6(10)4-7(8)11/h2-4H,5H2,1H3,(H2,12,14). The second kappa shape index (κ2) is 5.34. The SMILES string of the molecule is CN(CC(N)=O)S(=O)(=O)c1ccc(Br)cc1Cl. The summed E-state index contributed by atoms with van der Waals surface area (Å²) < 4.78 is 25.6. The van der Waals surface area contributed by atoms with Crippen molar-refractivity contribution in [2.45, 2.75) is 4.90 Å². The minimum atomic E-state index is -3.80. The van der Waals surface area contributed by atoms with Gasteiger partial charge in [-0.25, -0.2) is 8.42 Å². The molecule has 2 N–H and O–H groups in total. The Bertz CT molecular complexity index is 547. The van der Waals surface area contributed by atoms with E-state index in [1.807, 2.05) is 0 Å². The van der Waals surface area contributed by atoms with Crippen molar-refractivity contribution >= 4 is 43.5 Å². The van der Waals surface area contributed by atoms with Gasteiger partial charge < -0.3 is 5.73 Å². The summed E-state index contributed by atoms with van der Waals surface area (Å²) in [4.78, 5) is 10.6. The third kappa shape index (κ3) is 3.41. The molecule has 1 amide bonds. The average molecular weight is 342 g/mol. The van der Waals surface area contributed by atoms with Crippen molar-refractivity contribution in [3.63, 3.8) is 0 Å². The summed E-state index contributed by atoms with van der Waals surface area (Å²) >= 11 is 9.02. The molecule has 0 fully saturated rings. The molecule has 1 rings (SSSR count). The molecule has 0 aliphatic heterocycles. The van der Waals surface area contributed by atoms with Crippen molar-refractivity contribution in [1.29, 1.82) is 0 Å². The number of primary amides is 1. The number of sulfonamides is 1. The topological polar surface area (TPSA) is 80.5 Å². The van der Waals surface area contributed by atoms with E-state index in [9.17, 15) is 13.2 Å². The Labute approximate surface area is 113 Å². The fourth-order valence-corrected chi connectivity index (χ4v) is 3.30. The molecule has 0 aromatic heterocycles. The third-order valence-electron chi connectivity index (χ3n) is 1.96. The highest BCUT2D eigenvalue weighted by atomic mass is 79.9. The molecule has 0 aliphatic carbocycles. The number of hydrogen-bond acceptors (Lipinski definition) is 3. The molecule has 5 nitrogen and oxygen atoms in total. The van der Waals surface area contributed by atoms with Crippen LogP contribution in [0.2, 0.25) is 5.02 Å². The zero-order chi connectivity index (χ0) is 13.2. The number of carbonyl (C=O) groups excluding carboxylic acids is 1. The number of likely N-dealkylation sites (N-methyl/N-ethyl adjacent to an activating group) is 1. The van der Waals surface area contributed by atoms with Crippen molar-refractivity contribution in [3.8, 4) is 0 Å². The number of carbonyl (C=O) groups is 1. The highest BCUT2D eigenvalue weighted by Gasteiger charge is 2.24. The van der Waals surface area contributed by atoms with Crippen LogP contribution in [-0.4, -0.2) is 32.2 Å².